The van der Waals surface area contributed by atoms with Crippen LogP contribution in [0.2, 0.25) is 0 Å². The van der Waals surface area contributed by atoms with Crippen LogP contribution in [-0.2, 0) is 22.6 Å². The van der Waals surface area contributed by atoms with E-state index < -0.39 is 18.6 Å². The van der Waals surface area contributed by atoms with E-state index in [2.05, 4.69) is 10.00 Å². The Morgan fingerprint density at radius 2 is 2.27 bits per heavy atom. The number of carbonyl (C=O) groups is 1. The Morgan fingerprint density at radius 1 is 1.46 bits per heavy atom. The van der Waals surface area contributed by atoms with Gasteiger partial charge < -0.3 is 10.1 Å². The van der Waals surface area contributed by atoms with Gasteiger partial charge in [-0.15, -0.1) is 0 Å². The highest BCUT2D eigenvalue weighted by Crippen LogP contribution is 2.36. The van der Waals surface area contributed by atoms with Crippen LogP contribution in [0.5, 0.6) is 0 Å². The molecule has 3 atom stereocenters. The molecule has 1 aromatic heterocycles. The van der Waals surface area contributed by atoms with Crippen molar-refractivity contribution in [2.24, 2.45) is 11.8 Å². The van der Waals surface area contributed by atoms with Gasteiger partial charge in [0.05, 0.1) is 25.3 Å². The molecule has 0 spiro atoms. The van der Waals surface area contributed by atoms with Crippen molar-refractivity contribution in [3.8, 4) is 0 Å². The summed E-state index contributed by atoms with van der Waals surface area (Å²) in [7, 11) is 0. The molecule has 2 aliphatic heterocycles. The van der Waals surface area contributed by atoms with Gasteiger partial charge >= 0.3 is 6.18 Å². The summed E-state index contributed by atoms with van der Waals surface area (Å²) in [5, 5.41) is 6.22. The van der Waals surface area contributed by atoms with Crippen LogP contribution in [0, 0.1) is 11.8 Å². The Labute approximate surface area is 150 Å². The maximum Gasteiger partial charge on any atom is 0.405 e. The lowest BCUT2D eigenvalue weighted by Crippen LogP contribution is -2.42. The number of rotatable bonds is 6. The summed E-state index contributed by atoms with van der Waals surface area (Å²) in [4.78, 5) is 14.1. The summed E-state index contributed by atoms with van der Waals surface area (Å²) in [5.41, 5.74) is 1.17. The van der Waals surface area contributed by atoms with Crippen molar-refractivity contribution in [3.63, 3.8) is 0 Å². The third-order valence-corrected chi connectivity index (χ3v) is 5.17. The Bertz CT molecular complexity index is 619. The highest BCUT2D eigenvalue weighted by atomic mass is 19.4. The summed E-state index contributed by atoms with van der Waals surface area (Å²) >= 11 is 0. The summed E-state index contributed by atoms with van der Waals surface area (Å²) < 4.78 is 44.2. The number of halogens is 3. The van der Waals surface area contributed by atoms with Gasteiger partial charge in [0, 0.05) is 37.3 Å². The first-order chi connectivity index (χ1) is 12.3. The number of carbonyl (C=O) groups excluding carboxylic acids is 1. The third-order valence-electron chi connectivity index (χ3n) is 5.17. The first kappa shape index (κ1) is 19.2. The summed E-state index contributed by atoms with van der Waals surface area (Å²) in [5.74, 6) is -0.0333. The molecule has 2 fully saturated rings. The molecule has 2 saturated heterocycles. The number of hydrogen-bond acceptors (Lipinski definition) is 4. The fourth-order valence-electron chi connectivity index (χ4n) is 3.89. The average molecular weight is 374 g/mol. The fourth-order valence-corrected chi connectivity index (χ4v) is 3.89. The summed E-state index contributed by atoms with van der Waals surface area (Å²) in [6, 6.07) is 0. The van der Waals surface area contributed by atoms with Crippen LogP contribution in [0.3, 0.4) is 0 Å². The van der Waals surface area contributed by atoms with Gasteiger partial charge in [-0.05, 0) is 25.8 Å². The van der Waals surface area contributed by atoms with Gasteiger partial charge in [0.2, 0.25) is 5.91 Å². The van der Waals surface area contributed by atoms with E-state index in [4.69, 9.17) is 4.74 Å². The van der Waals surface area contributed by atoms with E-state index in [1.807, 2.05) is 29.3 Å². The number of nitrogens with one attached hydrogen (secondary N) is 1. The van der Waals surface area contributed by atoms with Crippen LogP contribution >= 0.6 is 0 Å². The van der Waals surface area contributed by atoms with E-state index in [0.29, 0.717) is 12.5 Å². The first-order valence-corrected chi connectivity index (χ1v) is 9.03. The topological polar surface area (TPSA) is 59.4 Å². The van der Waals surface area contributed by atoms with Crippen molar-refractivity contribution in [2.45, 2.75) is 45.1 Å². The molecule has 146 valence electrons. The molecular formula is C17H25F3N4O2. The molecule has 3 heterocycles. The van der Waals surface area contributed by atoms with Crippen molar-refractivity contribution in [1.82, 2.24) is 20.0 Å². The van der Waals surface area contributed by atoms with Crippen molar-refractivity contribution in [1.29, 1.82) is 0 Å². The largest absolute Gasteiger partial charge is 0.405 e. The molecule has 9 heteroatoms. The Hall–Kier alpha value is -1.61. The molecule has 1 N–H and O–H groups in total. The van der Waals surface area contributed by atoms with Crippen LogP contribution in [0.4, 0.5) is 13.2 Å². The van der Waals surface area contributed by atoms with Gasteiger partial charge in [0.25, 0.3) is 0 Å². The van der Waals surface area contributed by atoms with E-state index in [0.717, 1.165) is 32.6 Å². The van der Waals surface area contributed by atoms with E-state index in [1.54, 1.807) is 0 Å². The molecule has 2 aliphatic rings. The molecule has 1 aromatic rings. The molecule has 0 radical (unpaired) electrons. The molecule has 1 amide bonds. The van der Waals surface area contributed by atoms with Crippen LogP contribution in [0.15, 0.2) is 12.4 Å². The first-order valence-electron chi connectivity index (χ1n) is 9.03. The average Bonchev–Trinajstić information content (AvgIpc) is 3.19. The fraction of sp³-hybridized carbons (Fsp3) is 0.765. The SMILES string of the molecule is CCn1cc(CN2CC[C@@H]3[C@@H](CO[C@H]3CC(=O)NCC(F)(F)F)C2)cn1. The van der Waals surface area contributed by atoms with E-state index in [9.17, 15) is 18.0 Å². The van der Waals surface area contributed by atoms with E-state index >= 15 is 0 Å². The maximum atomic E-state index is 12.2. The number of ether oxygens (including phenoxy) is 1. The number of aryl methyl sites for hydroxylation is 1. The number of aromatic nitrogens is 2. The lowest BCUT2D eigenvalue weighted by atomic mass is 9.83. The molecule has 0 saturated carbocycles. The molecule has 0 aromatic carbocycles. The van der Waals surface area contributed by atoms with E-state index in [-0.39, 0.29) is 18.4 Å². The highest BCUT2D eigenvalue weighted by molar-refractivity contribution is 5.76. The van der Waals surface area contributed by atoms with Crippen molar-refractivity contribution < 1.29 is 22.7 Å². The third kappa shape index (κ3) is 4.97. The monoisotopic (exact) mass is 374 g/mol. The number of fused-ring (bicyclic) bond motifs is 1. The predicted molar refractivity (Wildman–Crippen MR) is 88.2 cm³/mol. The van der Waals surface area contributed by atoms with Crippen molar-refractivity contribution >= 4 is 5.91 Å². The zero-order valence-electron chi connectivity index (χ0n) is 14.8. The second-order valence-corrected chi connectivity index (χ2v) is 7.12. The Kier molecular flexibility index (Phi) is 5.86. The lowest BCUT2D eigenvalue weighted by molar-refractivity contribution is -0.140. The molecular weight excluding hydrogens is 349 g/mol. The van der Waals surface area contributed by atoms with Gasteiger partial charge in [-0.25, -0.2) is 0 Å². The standard InChI is InChI=1S/C17H25F3N4O2/c1-2-24-8-12(6-22-24)7-23-4-3-14-13(9-23)10-26-15(14)5-16(25)21-11-17(18,19)20/h6,8,13-15H,2-5,7,9-11H2,1H3,(H,21,25)/t13-,14-,15+/m1/s1. The molecule has 0 unspecified atom stereocenters. The van der Waals surface area contributed by atoms with Crippen molar-refractivity contribution in [3.05, 3.63) is 18.0 Å². The lowest BCUT2D eigenvalue weighted by Gasteiger charge is -2.35. The van der Waals surface area contributed by atoms with Gasteiger partial charge in [0.15, 0.2) is 0 Å². The van der Waals surface area contributed by atoms with Gasteiger partial charge in [-0.1, -0.05) is 0 Å². The highest BCUT2D eigenvalue weighted by Gasteiger charge is 2.41. The van der Waals surface area contributed by atoms with E-state index in [1.165, 1.54) is 5.56 Å². The molecule has 6 nitrogen and oxygen atoms in total. The van der Waals surface area contributed by atoms with Gasteiger partial charge in [0.1, 0.15) is 6.54 Å². The minimum atomic E-state index is -4.38. The number of amides is 1. The minimum absolute atomic E-state index is 0.000513. The molecule has 0 bridgehead atoms. The second kappa shape index (κ2) is 7.96. The van der Waals surface area contributed by atoms with Gasteiger partial charge in [-0.3, -0.25) is 14.4 Å². The minimum Gasteiger partial charge on any atom is -0.377 e. The zero-order valence-corrected chi connectivity index (χ0v) is 14.8. The number of alkyl halides is 3. The van der Waals surface area contributed by atoms with Gasteiger partial charge in [-0.2, -0.15) is 18.3 Å². The number of likely N-dealkylation sites (tertiary alicyclic amines) is 1. The second-order valence-electron chi connectivity index (χ2n) is 7.12. The maximum absolute atomic E-state index is 12.2. The van der Waals surface area contributed by atoms with Crippen LogP contribution in [0.25, 0.3) is 0 Å². The number of piperidine rings is 1. The Morgan fingerprint density at radius 3 is 2.96 bits per heavy atom. The normalized spacial score (nSPS) is 26.7. The predicted octanol–water partition coefficient (Wildman–Crippen LogP) is 1.81. The molecule has 0 aliphatic carbocycles. The smallest absolute Gasteiger partial charge is 0.377 e. The van der Waals surface area contributed by atoms with Crippen LogP contribution < -0.4 is 5.32 Å². The van der Waals surface area contributed by atoms with Crippen LogP contribution in [0.1, 0.15) is 25.3 Å². The quantitative estimate of drug-likeness (QED) is 0.825. The zero-order chi connectivity index (χ0) is 18.7. The summed E-state index contributed by atoms with van der Waals surface area (Å²) in [6.07, 6.45) is 0.161. The molecule has 3 rings (SSSR count). The van der Waals surface area contributed by atoms with Crippen LogP contribution in [-0.4, -0.2) is 59.1 Å². The summed E-state index contributed by atoms with van der Waals surface area (Å²) in [6.45, 7) is 4.77. The number of nitrogens with zero attached hydrogens (tertiary/aromatic N) is 3. The Balaban J connectivity index is 1.46. The number of hydrogen-bond donors (Lipinski definition) is 1. The van der Waals surface area contributed by atoms with Crippen molar-refractivity contribution in [2.75, 3.05) is 26.2 Å². The molecule has 26 heavy (non-hydrogen) atoms.